The van der Waals surface area contributed by atoms with Crippen LogP contribution in [0.1, 0.15) is 0 Å². The molecule has 3 rings (SSSR count). The molecular formula is C14H7Cl3N2S. The highest BCUT2D eigenvalue weighted by atomic mass is 35.5. The SMILES string of the molecule is Clc1ccc(Cl)c(Sc2nc(Cl)nc3ccccc23)c1. The molecule has 0 aliphatic carbocycles. The Labute approximate surface area is 135 Å². The Morgan fingerprint density at radius 2 is 1.70 bits per heavy atom. The van der Waals surface area contributed by atoms with Crippen LogP contribution in [0.2, 0.25) is 15.3 Å². The van der Waals surface area contributed by atoms with Gasteiger partial charge in [-0.05, 0) is 35.9 Å². The summed E-state index contributed by atoms with van der Waals surface area (Å²) in [6, 6.07) is 13.0. The molecular weight excluding hydrogens is 335 g/mol. The second-order valence-electron chi connectivity index (χ2n) is 3.99. The van der Waals surface area contributed by atoms with E-state index in [-0.39, 0.29) is 5.28 Å². The van der Waals surface area contributed by atoms with Gasteiger partial charge in [-0.3, -0.25) is 0 Å². The zero-order chi connectivity index (χ0) is 14.1. The summed E-state index contributed by atoms with van der Waals surface area (Å²) in [6.45, 7) is 0. The summed E-state index contributed by atoms with van der Waals surface area (Å²) in [5, 5.41) is 3.15. The Balaban J connectivity index is 2.13. The molecule has 0 aliphatic rings. The van der Waals surface area contributed by atoms with Gasteiger partial charge in [-0.25, -0.2) is 9.97 Å². The van der Waals surface area contributed by atoms with Crippen molar-refractivity contribution < 1.29 is 0 Å². The van der Waals surface area contributed by atoms with Crippen molar-refractivity contribution in [1.29, 1.82) is 0 Å². The molecule has 6 heteroatoms. The number of aromatic nitrogens is 2. The minimum atomic E-state index is 0.212. The lowest BCUT2D eigenvalue weighted by molar-refractivity contribution is 1.10. The minimum absolute atomic E-state index is 0.212. The van der Waals surface area contributed by atoms with Crippen molar-refractivity contribution in [2.75, 3.05) is 0 Å². The molecule has 20 heavy (non-hydrogen) atoms. The molecule has 3 aromatic rings. The normalized spacial score (nSPS) is 10.9. The summed E-state index contributed by atoms with van der Waals surface area (Å²) in [5.41, 5.74) is 0.799. The largest absolute Gasteiger partial charge is 0.224 e. The van der Waals surface area contributed by atoms with Gasteiger partial charge in [0.1, 0.15) is 5.03 Å². The van der Waals surface area contributed by atoms with E-state index in [1.54, 1.807) is 18.2 Å². The maximum atomic E-state index is 6.18. The van der Waals surface area contributed by atoms with Crippen LogP contribution in [0.5, 0.6) is 0 Å². The van der Waals surface area contributed by atoms with E-state index >= 15 is 0 Å². The van der Waals surface area contributed by atoms with Gasteiger partial charge >= 0.3 is 0 Å². The molecule has 0 atom stereocenters. The molecule has 1 heterocycles. The van der Waals surface area contributed by atoms with Crippen molar-refractivity contribution in [2.24, 2.45) is 0 Å². The quantitative estimate of drug-likeness (QED) is 0.439. The van der Waals surface area contributed by atoms with E-state index < -0.39 is 0 Å². The number of halogens is 3. The first-order chi connectivity index (χ1) is 9.63. The third kappa shape index (κ3) is 2.86. The van der Waals surface area contributed by atoms with Crippen LogP contribution in [0.15, 0.2) is 52.4 Å². The van der Waals surface area contributed by atoms with Crippen molar-refractivity contribution in [3.05, 3.63) is 57.8 Å². The lowest BCUT2D eigenvalue weighted by atomic mass is 10.2. The molecule has 0 saturated heterocycles. The van der Waals surface area contributed by atoms with E-state index in [2.05, 4.69) is 9.97 Å². The fourth-order valence-electron chi connectivity index (χ4n) is 1.76. The molecule has 0 amide bonds. The zero-order valence-corrected chi connectivity index (χ0v) is 13.1. The highest BCUT2D eigenvalue weighted by Crippen LogP contribution is 2.37. The highest BCUT2D eigenvalue weighted by molar-refractivity contribution is 7.99. The summed E-state index contributed by atoms with van der Waals surface area (Å²) in [7, 11) is 0. The third-order valence-electron chi connectivity index (χ3n) is 2.64. The van der Waals surface area contributed by atoms with Gasteiger partial charge in [-0.2, -0.15) is 0 Å². The molecule has 0 spiro atoms. The molecule has 0 unspecified atom stereocenters. The monoisotopic (exact) mass is 340 g/mol. The number of nitrogens with zero attached hydrogens (tertiary/aromatic N) is 2. The van der Waals surface area contributed by atoms with Gasteiger partial charge in [-0.1, -0.05) is 53.2 Å². The summed E-state index contributed by atoms with van der Waals surface area (Å²) < 4.78 is 0. The predicted molar refractivity (Wildman–Crippen MR) is 85.1 cm³/mol. The average molecular weight is 342 g/mol. The van der Waals surface area contributed by atoms with Crippen LogP contribution < -0.4 is 0 Å². The molecule has 1 aromatic heterocycles. The maximum absolute atomic E-state index is 6.18. The number of rotatable bonds is 2. The lowest BCUT2D eigenvalue weighted by Gasteiger charge is -2.07. The number of hydrogen-bond acceptors (Lipinski definition) is 3. The van der Waals surface area contributed by atoms with Crippen molar-refractivity contribution in [1.82, 2.24) is 9.97 Å². The molecule has 0 saturated carbocycles. The first kappa shape index (κ1) is 14.0. The zero-order valence-electron chi connectivity index (χ0n) is 9.98. The first-order valence-electron chi connectivity index (χ1n) is 5.69. The summed E-state index contributed by atoms with van der Waals surface area (Å²) in [5.74, 6) is 0. The van der Waals surface area contributed by atoms with Crippen LogP contribution in [0.3, 0.4) is 0 Å². The Bertz CT molecular complexity index is 792. The highest BCUT2D eigenvalue weighted by Gasteiger charge is 2.10. The maximum Gasteiger partial charge on any atom is 0.224 e. The van der Waals surface area contributed by atoms with E-state index in [1.165, 1.54) is 11.8 Å². The van der Waals surface area contributed by atoms with Gasteiger partial charge in [0.25, 0.3) is 0 Å². The van der Waals surface area contributed by atoms with E-state index in [4.69, 9.17) is 34.8 Å². The van der Waals surface area contributed by atoms with Crippen LogP contribution in [0.25, 0.3) is 10.9 Å². The fraction of sp³-hybridized carbons (Fsp3) is 0. The van der Waals surface area contributed by atoms with Crippen molar-refractivity contribution in [3.8, 4) is 0 Å². The van der Waals surface area contributed by atoms with Crippen LogP contribution in [0.4, 0.5) is 0 Å². The molecule has 0 aliphatic heterocycles. The van der Waals surface area contributed by atoms with E-state index in [9.17, 15) is 0 Å². The summed E-state index contributed by atoms with van der Waals surface area (Å²) >= 11 is 19.6. The van der Waals surface area contributed by atoms with Crippen molar-refractivity contribution in [3.63, 3.8) is 0 Å². The first-order valence-corrected chi connectivity index (χ1v) is 7.64. The molecule has 0 N–H and O–H groups in total. The van der Waals surface area contributed by atoms with E-state index in [1.807, 2.05) is 24.3 Å². The van der Waals surface area contributed by atoms with Gasteiger partial charge in [0.15, 0.2) is 0 Å². The van der Waals surface area contributed by atoms with Crippen molar-refractivity contribution >= 4 is 57.5 Å². The second kappa shape index (κ2) is 5.78. The van der Waals surface area contributed by atoms with Crippen LogP contribution in [-0.2, 0) is 0 Å². The molecule has 2 aromatic carbocycles. The number of para-hydroxylation sites is 1. The number of fused-ring (bicyclic) bond motifs is 1. The van der Waals surface area contributed by atoms with Crippen LogP contribution in [-0.4, -0.2) is 9.97 Å². The van der Waals surface area contributed by atoms with E-state index in [0.29, 0.717) is 10.0 Å². The van der Waals surface area contributed by atoms with Gasteiger partial charge in [0, 0.05) is 15.3 Å². The minimum Gasteiger partial charge on any atom is -0.218 e. The smallest absolute Gasteiger partial charge is 0.218 e. The second-order valence-corrected chi connectivity index (χ2v) is 6.20. The molecule has 100 valence electrons. The topological polar surface area (TPSA) is 25.8 Å². The summed E-state index contributed by atoms with van der Waals surface area (Å²) in [6.07, 6.45) is 0. The van der Waals surface area contributed by atoms with Gasteiger partial charge in [0.05, 0.1) is 10.5 Å². The standard InChI is InChI=1S/C14H7Cl3N2S/c15-8-5-6-10(16)12(7-8)20-13-9-3-1-2-4-11(9)18-14(17)19-13/h1-7H. The Morgan fingerprint density at radius 1 is 0.900 bits per heavy atom. The Hall–Kier alpha value is -1.00. The number of hydrogen-bond donors (Lipinski definition) is 0. The lowest BCUT2D eigenvalue weighted by Crippen LogP contribution is -1.89. The predicted octanol–water partition coefficient (Wildman–Crippen LogP) is 5.74. The number of benzene rings is 2. The van der Waals surface area contributed by atoms with Crippen LogP contribution in [0, 0.1) is 0 Å². The van der Waals surface area contributed by atoms with Crippen LogP contribution >= 0.6 is 46.6 Å². The third-order valence-corrected chi connectivity index (χ3v) is 4.55. The van der Waals surface area contributed by atoms with Gasteiger partial charge in [0.2, 0.25) is 5.28 Å². The summed E-state index contributed by atoms with van der Waals surface area (Å²) in [4.78, 5) is 9.32. The van der Waals surface area contributed by atoms with Gasteiger partial charge in [-0.15, -0.1) is 0 Å². The molecule has 0 fully saturated rings. The molecule has 0 bridgehead atoms. The average Bonchev–Trinajstić information content (AvgIpc) is 2.43. The van der Waals surface area contributed by atoms with Gasteiger partial charge < -0.3 is 0 Å². The molecule has 2 nitrogen and oxygen atoms in total. The Kier molecular flexibility index (Phi) is 4.03. The van der Waals surface area contributed by atoms with E-state index in [0.717, 1.165) is 20.8 Å². The van der Waals surface area contributed by atoms with Crippen molar-refractivity contribution in [2.45, 2.75) is 9.92 Å². The fourth-order valence-corrected chi connectivity index (χ4v) is 3.43. The molecule has 0 radical (unpaired) electrons. The Morgan fingerprint density at radius 3 is 2.55 bits per heavy atom.